The van der Waals surface area contributed by atoms with E-state index in [2.05, 4.69) is 11.4 Å². The quantitative estimate of drug-likeness (QED) is 0.916. The van der Waals surface area contributed by atoms with Crippen molar-refractivity contribution in [1.29, 1.82) is 0 Å². The Morgan fingerprint density at radius 2 is 2.37 bits per heavy atom. The van der Waals surface area contributed by atoms with Gasteiger partial charge in [-0.1, -0.05) is 0 Å². The lowest BCUT2D eigenvalue weighted by Gasteiger charge is -2.10. The molecule has 2 aromatic rings. The molecule has 0 bridgehead atoms. The highest BCUT2D eigenvalue weighted by atomic mass is 16.5. The van der Waals surface area contributed by atoms with Crippen molar-refractivity contribution < 1.29 is 9.53 Å². The predicted octanol–water partition coefficient (Wildman–Crippen LogP) is 2.16. The van der Waals surface area contributed by atoms with E-state index in [1.54, 1.807) is 0 Å². The Morgan fingerprint density at radius 3 is 3.16 bits per heavy atom. The van der Waals surface area contributed by atoms with Gasteiger partial charge in [0.1, 0.15) is 0 Å². The monoisotopic (exact) mass is 258 g/mol. The first-order valence-electron chi connectivity index (χ1n) is 6.70. The van der Waals surface area contributed by atoms with Crippen LogP contribution in [0.5, 0.6) is 0 Å². The number of ether oxygens (including phenoxy) is 1. The van der Waals surface area contributed by atoms with Crippen molar-refractivity contribution in [2.75, 3.05) is 13.2 Å². The van der Waals surface area contributed by atoms with E-state index in [1.165, 1.54) is 5.56 Å². The Kier molecular flexibility index (Phi) is 3.25. The van der Waals surface area contributed by atoms with Gasteiger partial charge in [-0.05, 0) is 43.5 Å². The molecule has 1 atom stereocenters. The first-order chi connectivity index (χ1) is 9.22. The number of rotatable bonds is 3. The van der Waals surface area contributed by atoms with Gasteiger partial charge in [0, 0.05) is 31.1 Å². The Balaban J connectivity index is 1.69. The molecule has 4 heteroatoms. The SMILES string of the molecule is Cc1cc2ccc(C(=O)NCC3CCCO3)cn2c1. The number of aromatic nitrogens is 1. The standard InChI is InChI=1S/C15H18N2O2/c1-11-7-13-5-4-12(10-17(13)9-11)15(18)16-8-14-3-2-6-19-14/h4-5,7,9-10,14H,2-3,6,8H2,1H3,(H,16,18). The zero-order chi connectivity index (χ0) is 13.2. The molecule has 3 heterocycles. The highest BCUT2D eigenvalue weighted by Crippen LogP contribution is 2.12. The smallest absolute Gasteiger partial charge is 0.252 e. The highest BCUT2D eigenvalue weighted by Gasteiger charge is 2.16. The topological polar surface area (TPSA) is 42.7 Å². The number of amides is 1. The van der Waals surface area contributed by atoms with E-state index in [4.69, 9.17) is 4.74 Å². The molecule has 100 valence electrons. The fraction of sp³-hybridized carbons (Fsp3) is 0.400. The van der Waals surface area contributed by atoms with Gasteiger partial charge in [0.15, 0.2) is 0 Å². The molecular formula is C15H18N2O2. The van der Waals surface area contributed by atoms with Crippen LogP contribution in [0.1, 0.15) is 28.8 Å². The van der Waals surface area contributed by atoms with Crippen molar-refractivity contribution in [2.45, 2.75) is 25.9 Å². The number of fused-ring (bicyclic) bond motifs is 1. The second kappa shape index (κ2) is 5.05. The lowest BCUT2D eigenvalue weighted by molar-refractivity contribution is 0.0857. The molecule has 1 fully saturated rings. The average molecular weight is 258 g/mol. The molecule has 19 heavy (non-hydrogen) atoms. The van der Waals surface area contributed by atoms with Crippen molar-refractivity contribution in [1.82, 2.24) is 9.72 Å². The maximum absolute atomic E-state index is 12.1. The predicted molar refractivity (Wildman–Crippen MR) is 73.4 cm³/mol. The Bertz CT molecular complexity index is 597. The van der Waals surface area contributed by atoms with E-state index >= 15 is 0 Å². The van der Waals surface area contributed by atoms with E-state index in [9.17, 15) is 4.79 Å². The fourth-order valence-corrected chi connectivity index (χ4v) is 2.50. The van der Waals surface area contributed by atoms with Gasteiger partial charge in [-0.25, -0.2) is 0 Å². The Hall–Kier alpha value is -1.81. The van der Waals surface area contributed by atoms with Crippen molar-refractivity contribution in [3.8, 4) is 0 Å². The molecule has 1 unspecified atom stereocenters. The van der Waals surface area contributed by atoms with Gasteiger partial charge in [0.05, 0.1) is 11.7 Å². The summed E-state index contributed by atoms with van der Waals surface area (Å²) in [5, 5.41) is 2.94. The first kappa shape index (κ1) is 12.2. The van der Waals surface area contributed by atoms with Crippen molar-refractivity contribution in [3.63, 3.8) is 0 Å². The van der Waals surface area contributed by atoms with Crippen LogP contribution < -0.4 is 5.32 Å². The zero-order valence-corrected chi connectivity index (χ0v) is 11.1. The summed E-state index contributed by atoms with van der Waals surface area (Å²) >= 11 is 0. The summed E-state index contributed by atoms with van der Waals surface area (Å²) in [6.07, 6.45) is 6.20. The molecule has 4 nitrogen and oxygen atoms in total. The fourth-order valence-electron chi connectivity index (χ4n) is 2.50. The van der Waals surface area contributed by atoms with E-state index in [1.807, 2.05) is 35.9 Å². The molecule has 0 aromatic carbocycles. The van der Waals surface area contributed by atoms with Crippen LogP contribution in [0.2, 0.25) is 0 Å². The van der Waals surface area contributed by atoms with Gasteiger partial charge < -0.3 is 14.5 Å². The van der Waals surface area contributed by atoms with E-state index < -0.39 is 0 Å². The van der Waals surface area contributed by atoms with E-state index in [-0.39, 0.29) is 12.0 Å². The number of nitrogens with zero attached hydrogens (tertiary/aromatic N) is 1. The molecule has 2 aromatic heterocycles. The van der Waals surface area contributed by atoms with Gasteiger partial charge >= 0.3 is 0 Å². The zero-order valence-electron chi connectivity index (χ0n) is 11.1. The molecule has 0 aliphatic carbocycles. The lowest BCUT2D eigenvalue weighted by atomic mass is 10.2. The maximum Gasteiger partial charge on any atom is 0.252 e. The summed E-state index contributed by atoms with van der Waals surface area (Å²) in [6.45, 7) is 3.46. The molecule has 1 aliphatic heterocycles. The molecule has 3 rings (SSSR count). The molecule has 0 saturated carbocycles. The van der Waals surface area contributed by atoms with Crippen LogP contribution in [-0.2, 0) is 4.74 Å². The third-order valence-corrected chi connectivity index (χ3v) is 3.50. The number of nitrogens with one attached hydrogen (secondary N) is 1. The summed E-state index contributed by atoms with van der Waals surface area (Å²) in [7, 11) is 0. The van der Waals surface area contributed by atoms with Crippen LogP contribution >= 0.6 is 0 Å². The molecule has 0 spiro atoms. The number of hydrogen-bond donors (Lipinski definition) is 1. The summed E-state index contributed by atoms with van der Waals surface area (Å²) in [5.74, 6) is -0.0382. The van der Waals surface area contributed by atoms with Crippen LogP contribution in [0.4, 0.5) is 0 Å². The maximum atomic E-state index is 12.1. The summed E-state index contributed by atoms with van der Waals surface area (Å²) in [4.78, 5) is 12.1. The summed E-state index contributed by atoms with van der Waals surface area (Å²) in [6, 6.07) is 5.92. The molecule has 1 N–H and O–H groups in total. The lowest BCUT2D eigenvalue weighted by Crippen LogP contribution is -2.31. The van der Waals surface area contributed by atoms with E-state index in [0.717, 1.165) is 25.0 Å². The minimum Gasteiger partial charge on any atom is -0.376 e. The number of carbonyl (C=O) groups excluding carboxylic acids is 1. The normalized spacial score (nSPS) is 18.9. The van der Waals surface area contributed by atoms with Crippen molar-refractivity contribution in [2.24, 2.45) is 0 Å². The van der Waals surface area contributed by atoms with Crippen LogP contribution in [0.25, 0.3) is 5.52 Å². The number of pyridine rings is 1. The number of carbonyl (C=O) groups is 1. The minimum atomic E-state index is -0.0382. The van der Waals surface area contributed by atoms with Crippen molar-refractivity contribution >= 4 is 11.4 Å². The van der Waals surface area contributed by atoms with Crippen LogP contribution in [0.15, 0.2) is 30.6 Å². The Labute approximate surface area is 112 Å². The van der Waals surface area contributed by atoms with Gasteiger partial charge in [-0.15, -0.1) is 0 Å². The van der Waals surface area contributed by atoms with Crippen molar-refractivity contribution in [3.05, 3.63) is 41.7 Å². The number of hydrogen-bond acceptors (Lipinski definition) is 2. The second-order valence-corrected chi connectivity index (χ2v) is 5.11. The summed E-state index contributed by atoms with van der Waals surface area (Å²) < 4.78 is 7.48. The number of aryl methyl sites for hydroxylation is 1. The largest absolute Gasteiger partial charge is 0.376 e. The molecular weight excluding hydrogens is 240 g/mol. The van der Waals surface area contributed by atoms with Gasteiger partial charge in [0.25, 0.3) is 5.91 Å². The first-order valence-corrected chi connectivity index (χ1v) is 6.70. The van der Waals surface area contributed by atoms with Crippen LogP contribution in [0.3, 0.4) is 0 Å². The van der Waals surface area contributed by atoms with Crippen LogP contribution in [0, 0.1) is 6.92 Å². The van der Waals surface area contributed by atoms with Gasteiger partial charge in [-0.2, -0.15) is 0 Å². The second-order valence-electron chi connectivity index (χ2n) is 5.11. The third-order valence-electron chi connectivity index (χ3n) is 3.50. The van der Waals surface area contributed by atoms with Crippen LogP contribution in [-0.4, -0.2) is 29.6 Å². The average Bonchev–Trinajstić information content (AvgIpc) is 3.02. The van der Waals surface area contributed by atoms with Gasteiger partial charge in [0.2, 0.25) is 0 Å². The summed E-state index contributed by atoms with van der Waals surface area (Å²) in [5.41, 5.74) is 2.98. The molecule has 0 radical (unpaired) electrons. The highest BCUT2D eigenvalue weighted by molar-refractivity contribution is 5.94. The molecule has 1 saturated heterocycles. The van der Waals surface area contributed by atoms with E-state index in [0.29, 0.717) is 12.1 Å². The Morgan fingerprint density at radius 1 is 1.47 bits per heavy atom. The third kappa shape index (κ3) is 2.63. The van der Waals surface area contributed by atoms with Gasteiger partial charge in [-0.3, -0.25) is 4.79 Å². The molecule has 1 aliphatic rings. The minimum absolute atomic E-state index is 0.0382. The molecule has 1 amide bonds.